The molecule has 1 fully saturated rings. The van der Waals surface area contributed by atoms with Crippen molar-refractivity contribution in [3.8, 4) is 6.19 Å². The smallest absolute Gasteiger partial charge is 0.213 e. The molecule has 1 aliphatic heterocycles. The minimum Gasteiger partial charge on any atom is -0.356 e. The molecule has 0 aromatic heterocycles. The molecule has 0 bridgehead atoms. The summed E-state index contributed by atoms with van der Waals surface area (Å²) in [4.78, 5) is 9.20. The molecule has 0 amide bonds. The van der Waals surface area contributed by atoms with Gasteiger partial charge in [-0.25, -0.2) is 0 Å². The number of rotatable bonds is 20. The Kier molecular flexibility index (Phi) is 16.8. The summed E-state index contributed by atoms with van der Waals surface area (Å²) in [5.41, 5.74) is 2.39. The van der Waals surface area contributed by atoms with Crippen molar-refractivity contribution in [2.24, 2.45) is 4.99 Å². The van der Waals surface area contributed by atoms with Crippen LogP contribution in [0.3, 0.4) is 0 Å². The summed E-state index contributed by atoms with van der Waals surface area (Å²) in [6.07, 6.45) is 4.60. The molecule has 266 valence electrons. The van der Waals surface area contributed by atoms with Gasteiger partial charge in [0.1, 0.15) is 25.8 Å². The highest BCUT2D eigenvalue weighted by atomic mass is 28.3. The maximum Gasteiger partial charge on any atom is 0.213 e. The van der Waals surface area contributed by atoms with Crippen LogP contribution in [0.1, 0.15) is 37.8 Å². The van der Waals surface area contributed by atoms with Crippen LogP contribution in [-0.4, -0.2) is 96.1 Å². The van der Waals surface area contributed by atoms with E-state index in [1.54, 1.807) is 0 Å². The van der Waals surface area contributed by atoms with Crippen LogP contribution in [0.5, 0.6) is 0 Å². The summed E-state index contributed by atoms with van der Waals surface area (Å²) < 4.78 is 26.2. The normalized spacial score (nSPS) is 20.4. The van der Waals surface area contributed by atoms with Crippen molar-refractivity contribution in [3.63, 3.8) is 0 Å². The lowest BCUT2D eigenvalue weighted by molar-refractivity contribution is -0.187. The molecular weight excluding hydrogens is 633 g/mol. The Balaban J connectivity index is 2.14. The Morgan fingerprint density at radius 2 is 1.06 bits per heavy atom. The van der Waals surface area contributed by atoms with Crippen LogP contribution in [0.15, 0.2) is 65.7 Å². The van der Waals surface area contributed by atoms with Crippen LogP contribution >= 0.6 is 0 Å². The van der Waals surface area contributed by atoms with Gasteiger partial charge in [0.2, 0.25) is 12.2 Å². The van der Waals surface area contributed by atoms with E-state index >= 15 is 0 Å². The fourth-order valence-electron chi connectivity index (χ4n) is 6.14. The summed E-state index contributed by atoms with van der Waals surface area (Å²) in [6.45, 7) is 21.7. The van der Waals surface area contributed by atoms with Crippen molar-refractivity contribution in [2.75, 3.05) is 39.9 Å². The van der Waals surface area contributed by atoms with Crippen LogP contribution < -0.4 is 0 Å². The Labute approximate surface area is 293 Å². The first-order valence-electron chi connectivity index (χ1n) is 17.9. The van der Waals surface area contributed by atoms with Gasteiger partial charge in [0.05, 0.1) is 12.1 Å². The number of aliphatic imine (C=N–C) groups is 1. The topological polar surface area (TPSA) is 79.6 Å². The van der Waals surface area contributed by atoms with E-state index in [2.05, 4.69) is 123 Å². The highest BCUT2D eigenvalue weighted by Crippen LogP contribution is 2.32. The molecule has 4 atom stereocenters. The first-order valence-corrected chi connectivity index (χ1v) is 25.4. The van der Waals surface area contributed by atoms with Gasteiger partial charge in [0.25, 0.3) is 0 Å². The molecule has 10 heteroatoms. The number of nitriles is 1. The SMILES string of the molecule is CCCN1C(=NC#N)N(CCC)[C@H](Cc2ccccc2)[C@H](OCOCC[Si](C)(C)C)[C@@H](OCOCC[Si](C)(C)C)[C@H]1Cc1ccccc1. The average Bonchev–Trinajstić information content (AvgIpc) is 3.11. The van der Waals surface area contributed by atoms with E-state index in [1.807, 2.05) is 12.1 Å². The van der Waals surface area contributed by atoms with Gasteiger partial charge in [-0.1, -0.05) is 114 Å². The van der Waals surface area contributed by atoms with E-state index in [0.717, 1.165) is 38.0 Å². The van der Waals surface area contributed by atoms with Gasteiger partial charge in [-0.3, -0.25) is 0 Å². The van der Waals surface area contributed by atoms with E-state index in [1.165, 1.54) is 11.1 Å². The third kappa shape index (κ3) is 13.4. The standard InChI is InChI=1S/C38H62N4O4Si2/c1-9-21-41-34(27-32-17-13-11-14-18-32)36(45-30-43-23-25-47(3,4)5)37(46-31-44-24-26-48(6,7)8)35(28-33-19-15-12-16-20-33)42(22-10-2)38(41)40-29-39/h11-20,34-37H,9-10,21-28,30-31H2,1-8H3/t34-,35-,36+,37+/m1/s1. The largest absolute Gasteiger partial charge is 0.356 e. The van der Waals surface area contributed by atoms with Gasteiger partial charge in [-0.2, -0.15) is 5.26 Å². The Hall–Kier alpha value is -2.53. The highest BCUT2D eigenvalue weighted by molar-refractivity contribution is 6.76. The van der Waals surface area contributed by atoms with Gasteiger partial charge in [0.15, 0.2) is 0 Å². The van der Waals surface area contributed by atoms with Crippen molar-refractivity contribution in [1.29, 1.82) is 5.26 Å². The minimum atomic E-state index is -1.26. The highest BCUT2D eigenvalue weighted by Gasteiger charge is 2.48. The molecule has 0 N–H and O–H groups in total. The van der Waals surface area contributed by atoms with Crippen molar-refractivity contribution in [2.45, 2.75) is 115 Å². The maximum absolute atomic E-state index is 10.1. The second-order valence-corrected chi connectivity index (χ2v) is 26.6. The molecule has 3 rings (SSSR count). The Morgan fingerprint density at radius 1 is 0.667 bits per heavy atom. The first kappa shape index (κ1) is 39.9. The number of nitrogens with zero attached hydrogens (tertiary/aromatic N) is 4. The molecule has 0 radical (unpaired) electrons. The van der Waals surface area contributed by atoms with Crippen molar-refractivity contribution < 1.29 is 18.9 Å². The van der Waals surface area contributed by atoms with Gasteiger partial charge < -0.3 is 28.7 Å². The molecule has 0 aliphatic carbocycles. The fourth-order valence-corrected chi connectivity index (χ4v) is 7.66. The predicted octanol–water partition coefficient (Wildman–Crippen LogP) is 7.88. The summed E-state index contributed by atoms with van der Waals surface area (Å²) >= 11 is 0. The molecule has 0 unspecified atom stereocenters. The van der Waals surface area contributed by atoms with Crippen LogP contribution in [0, 0.1) is 11.5 Å². The van der Waals surface area contributed by atoms with Crippen LogP contribution in [0.25, 0.3) is 0 Å². The van der Waals surface area contributed by atoms with Gasteiger partial charge in [-0.05, 0) is 48.9 Å². The quantitative estimate of drug-likeness (QED) is 0.0604. The molecule has 48 heavy (non-hydrogen) atoms. The summed E-state index contributed by atoms with van der Waals surface area (Å²) in [7, 11) is -2.53. The lowest BCUT2D eigenvalue weighted by Crippen LogP contribution is -2.53. The molecule has 2 aromatic rings. The maximum atomic E-state index is 10.1. The zero-order valence-corrected chi connectivity index (χ0v) is 33.0. The molecule has 1 heterocycles. The third-order valence-electron chi connectivity index (χ3n) is 8.73. The molecule has 0 saturated carbocycles. The summed E-state index contributed by atoms with van der Waals surface area (Å²) in [6, 6.07) is 22.9. The second-order valence-electron chi connectivity index (χ2n) is 15.3. The lowest BCUT2D eigenvalue weighted by atomic mass is 9.90. The van der Waals surface area contributed by atoms with Gasteiger partial charge in [0, 0.05) is 42.5 Å². The first-order chi connectivity index (χ1) is 23.0. The summed E-state index contributed by atoms with van der Waals surface area (Å²) in [5.74, 6) is 0.696. The number of guanidine groups is 1. The number of ether oxygens (including phenoxy) is 4. The zero-order chi connectivity index (χ0) is 35.0. The number of benzene rings is 2. The summed E-state index contributed by atoms with van der Waals surface area (Å²) in [5, 5.41) is 10.1. The molecule has 8 nitrogen and oxygen atoms in total. The molecule has 2 aromatic carbocycles. The minimum absolute atomic E-state index is 0.160. The van der Waals surface area contributed by atoms with Gasteiger partial charge in [-0.15, -0.1) is 4.99 Å². The third-order valence-corrected chi connectivity index (χ3v) is 12.1. The van der Waals surface area contributed by atoms with E-state index in [0.29, 0.717) is 32.0 Å². The van der Waals surface area contributed by atoms with Crippen LogP contribution in [0.2, 0.25) is 51.4 Å². The number of hydrogen-bond donors (Lipinski definition) is 0. The average molecular weight is 695 g/mol. The van der Waals surface area contributed by atoms with E-state index in [-0.39, 0.29) is 37.9 Å². The second kappa shape index (κ2) is 20.2. The predicted molar refractivity (Wildman–Crippen MR) is 203 cm³/mol. The molecular formula is C38H62N4O4Si2. The van der Waals surface area contributed by atoms with E-state index in [9.17, 15) is 5.26 Å². The Bertz CT molecular complexity index is 1160. The monoisotopic (exact) mass is 694 g/mol. The van der Waals surface area contributed by atoms with Gasteiger partial charge >= 0.3 is 0 Å². The molecule has 1 saturated heterocycles. The van der Waals surface area contributed by atoms with E-state index < -0.39 is 16.1 Å². The number of hydrogen-bond acceptors (Lipinski definition) is 6. The zero-order valence-electron chi connectivity index (χ0n) is 31.0. The fraction of sp³-hybridized carbons (Fsp3) is 0.632. The van der Waals surface area contributed by atoms with Crippen molar-refractivity contribution in [1.82, 2.24) is 9.80 Å². The molecule has 0 spiro atoms. The van der Waals surface area contributed by atoms with E-state index in [4.69, 9.17) is 18.9 Å². The van der Waals surface area contributed by atoms with Crippen LogP contribution in [0.4, 0.5) is 0 Å². The Morgan fingerprint density at radius 3 is 1.40 bits per heavy atom. The van der Waals surface area contributed by atoms with Crippen LogP contribution in [-0.2, 0) is 31.8 Å². The van der Waals surface area contributed by atoms with Crippen molar-refractivity contribution in [3.05, 3.63) is 71.8 Å². The molecule has 1 aliphatic rings. The lowest BCUT2D eigenvalue weighted by Gasteiger charge is -2.38. The van der Waals surface area contributed by atoms with Crippen molar-refractivity contribution >= 4 is 22.1 Å².